The Morgan fingerprint density at radius 1 is 1.11 bits per heavy atom. The molecule has 2 rings (SSSR count). The average molecular weight is 487 g/mol. The summed E-state index contributed by atoms with van der Waals surface area (Å²) in [4.78, 5) is 31.3. The predicted molar refractivity (Wildman–Crippen MR) is 137 cm³/mol. The fraction of sp³-hybridized carbons (Fsp3) is 0.462. The number of hydrogen-bond acceptors (Lipinski definition) is 8. The number of carbonyl (C=O) groups is 2. The van der Waals surface area contributed by atoms with E-state index >= 15 is 0 Å². The number of nitrogens with zero attached hydrogens (tertiary/aromatic N) is 2. The monoisotopic (exact) mass is 486 g/mol. The number of likely N-dealkylation sites (N-methyl/N-ethyl adjacent to an activating group) is 1. The van der Waals surface area contributed by atoms with Gasteiger partial charge in [0.25, 0.3) is 12.4 Å². The Hall–Kier alpha value is -3.46. The van der Waals surface area contributed by atoms with Crippen LogP contribution in [0.5, 0.6) is 11.5 Å². The molecule has 0 fully saturated rings. The van der Waals surface area contributed by atoms with Crippen molar-refractivity contribution in [2.75, 3.05) is 27.8 Å². The van der Waals surface area contributed by atoms with E-state index in [9.17, 15) is 9.59 Å². The first-order valence-corrected chi connectivity index (χ1v) is 11.1. The lowest BCUT2D eigenvalue weighted by Crippen LogP contribution is -2.49. The molecule has 1 aromatic carbocycles. The van der Waals surface area contributed by atoms with E-state index in [4.69, 9.17) is 9.47 Å². The number of aryl methyl sites for hydroxylation is 1. The minimum atomic E-state index is -0.420. The van der Waals surface area contributed by atoms with Crippen LogP contribution in [0.3, 0.4) is 0 Å². The molecule has 0 unspecified atom stereocenters. The van der Waals surface area contributed by atoms with Crippen LogP contribution in [0.25, 0.3) is 16.8 Å². The lowest BCUT2D eigenvalue weighted by Gasteiger charge is -2.26. The van der Waals surface area contributed by atoms with Crippen LogP contribution in [0.1, 0.15) is 46.0 Å². The third-order valence-corrected chi connectivity index (χ3v) is 4.67. The van der Waals surface area contributed by atoms with Gasteiger partial charge in [0.15, 0.2) is 11.5 Å². The second-order valence-electron chi connectivity index (χ2n) is 9.43. The van der Waals surface area contributed by atoms with Gasteiger partial charge in [0.05, 0.1) is 43.1 Å². The molecule has 35 heavy (non-hydrogen) atoms. The molecule has 0 aliphatic rings. The molecule has 0 radical (unpaired) electrons. The van der Waals surface area contributed by atoms with Crippen LogP contribution >= 0.6 is 0 Å². The first-order chi connectivity index (χ1) is 16.3. The van der Waals surface area contributed by atoms with Gasteiger partial charge in [-0.1, -0.05) is 6.58 Å². The van der Waals surface area contributed by atoms with Gasteiger partial charge in [0.2, 0.25) is 0 Å². The van der Waals surface area contributed by atoms with Gasteiger partial charge in [-0.3, -0.25) is 14.6 Å². The minimum absolute atomic E-state index is 0.275. The van der Waals surface area contributed by atoms with Crippen LogP contribution in [-0.2, 0) is 14.3 Å². The molecule has 0 aliphatic carbocycles. The third-order valence-electron chi connectivity index (χ3n) is 4.67. The highest BCUT2D eigenvalue weighted by atomic mass is 16.5. The van der Waals surface area contributed by atoms with Gasteiger partial charge < -0.3 is 24.8 Å². The van der Waals surface area contributed by atoms with Crippen molar-refractivity contribution in [1.82, 2.24) is 20.6 Å². The summed E-state index contributed by atoms with van der Waals surface area (Å²) in [6.07, 6.45) is 1.66. The van der Waals surface area contributed by atoms with Gasteiger partial charge in [-0.2, -0.15) is 0 Å². The number of benzene rings is 1. The molecule has 192 valence electrons. The maximum atomic E-state index is 12.7. The Kier molecular flexibility index (Phi) is 10.9. The smallest absolute Gasteiger partial charge is 0.293 e. The molecule has 0 aliphatic heterocycles. The maximum absolute atomic E-state index is 12.7. The van der Waals surface area contributed by atoms with E-state index in [1.165, 1.54) is 0 Å². The van der Waals surface area contributed by atoms with Crippen LogP contribution in [0, 0.1) is 6.92 Å². The highest BCUT2D eigenvalue weighted by molar-refractivity contribution is 6.18. The zero-order chi connectivity index (χ0) is 26.8. The quantitative estimate of drug-likeness (QED) is 0.409. The van der Waals surface area contributed by atoms with E-state index in [-0.39, 0.29) is 17.1 Å². The highest BCUT2D eigenvalue weighted by Gasteiger charge is 2.23. The van der Waals surface area contributed by atoms with Crippen molar-refractivity contribution < 1.29 is 23.8 Å². The van der Waals surface area contributed by atoms with Gasteiger partial charge in [0.1, 0.15) is 5.60 Å². The van der Waals surface area contributed by atoms with E-state index in [1.54, 1.807) is 33.4 Å². The minimum Gasteiger partial charge on any atom is -0.493 e. The Morgan fingerprint density at radius 3 is 2.23 bits per heavy atom. The maximum Gasteiger partial charge on any atom is 0.293 e. The standard InChI is InChI=1S/C21H28N4O3.C5H10O2/c1-13(20(26)25-21(3,4)12-22-5)19-14(2)23-11-16(24-19)15-8-9-17(27-6)18(10-15)28-7;1-5(2,3)7-4-6/h8-11,22H,1,12H2,2-7H3,(H,25,26);4H,1-3H3. The molecule has 0 spiro atoms. The Bertz CT molecular complexity index is 1030. The number of hydrogen-bond donors (Lipinski definition) is 2. The predicted octanol–water partition coefficient (Wildman–Crippen LogP) is 3.55. The van der Waals surface area contributed by atoms with Crippen molar-refractivity contribution in [2.45, 2.75) is 52.7 Å². The van der Waals surface area contributed by atoms with E-state index in [2.05, 4.69) is 31.9 Å². The molecule has 2 N–H and O–H groups in total. The second-order valence-corrected chi connectivity index (χ2v) is 9.43. The highest BCUT2D eigenvalue weighted by Crippen LogP contribution is 2.32. The summed E-state index contributed by atoms with van der Waals surface area (Å²) in [6.45, 7) is 16.2. The van der Waals surface area contributed by atoms with Crippen LogP contribution in [-0.4, -0.2) is 61.3 Å². The van der Waals surface area contributed by atoms with E-state index in [0.717, 1.165) is 5.56 Å². The van der Waals surface area contributed by atoms with Crippen molar-refractivity contribution in [1.29, 1.82) is 0 Å². The van der Waals surface area contributed by atoms with Crippen molar-refractivity contribution in [3.05, 3.63) is 42.4 Å². The normalized spacial score (nSPS) is 11.0. The van der Waals surface area contributed by atoms with Crippen molar-refractivity contribution in [3.63, 3.8) is 0 Å². The second kappa shape index (κ2) is 12.9. The molecule has 0 saturated heterocycles. The summed E-state index contributed by atoms with van der Waals surface area (Å²) in [5.41, 5.74) is 2.05. The van der Waals surface area contributed by atoms with E-state index in [0.29, 0.717) is 41.6 Å². The first kappa shape index (κ1) is 29.6. The van der Waals surface area contributed by atoms with Gasteiger partial charge in [-0.25, -0.2) is 4.98 Å². The molecule has 2 aromatic rings. The molecule has 1 aromatic heterocycles. The number of carbonyl (C=O) groups excluding carboxylic acids is 2. The number of methoxy groups -OCH3 is 2. The van der Waals surface area contributed by atoms with Gasteiger partial charge in [-0.05, 0) is 66.8 Å². The van der Waals surface area contributed by atoms with Gasteiger partial charge in [0, 0.05) is 17.6 Å². The summed E-state index contributed by atoms with van der Waals surface area (Å²) in [7, 11) is 5.00. The SMILES string of the molecule is C=C(C(=O)NC(C)(C)CNC)c1nc(-c2ccc(OC)c(OC)c2)cnc1C.CC(C)(C)OC=O. The fourth-order valence-electron chi connectivity index (χ4n) is 2.99. The zero-order valence-corrected chi connectivity index (χ0v) is 22.2. The Labute approximate surface area is 208 Å². The number of amides is 1. The molecule has 0 bridgehead atoms. The molecule has 9 nitrogen and oxygen atoms in total. The molecule has 0 saturated carbocycles. The summed E-state index contributed by atoms with van der Waals surface area (Å²) in [5.74, 6) is 0.943. The molecular weight excluding hydrogens is 448 g/mol. The largest absolute Gasteiger partial charge is 0.493 e. The molecule has 1 heterocycles. The van der Waals surface area contributed by atoms with E-state index < -0.39 is 5.54 Å². The number of ether oxygens (including phenoxy) is 3. The molecular formula is C26H38N4O5. The van der Waals surface area contributed by atoms with Crippen molar-refractivity contribution in [3.8, 4) is 22.8 Å². The fourth-order valence-corrected chi connectivity index (χ4v) is 2.99. The molecule has 1 amide bonds. The third kappa shape index (κ3) is 9.36. The lowest BCUT2D eigenvalue weighted by atomic mass is 10.0. The summed E-state index contributed by atoms with van der Waals surface area (Å²) >= 11 is 0. The topological polar surface area (TPSA) is 112 Å². The van der Waals surface area contributed by atoms with Crippen molar-refractivity contribution >= 4 is 18.0 Å². The summed E-state index contributed by atoms with van der Waals surface area (Å²) in [5, 5.41) is 6.03. The Balaban J connectivity index is 0.000000762. The summed E-state index contributed by atoms with van der Waals surface area (Å²) in [6, 6.07) is 5.49. The number of aromatic nitrogens is 2. The number of rotatable bonds is 9. The van der Waals surface area contributed by atoms with E-state index in [1.807, 2.05) is 53.8 Å². The van der Waals surface area contributed by atoms with Crippen LogP contribution in [0.4, 0.5) is 0 Å². The number of nitrogens with one attached hydrogen (secondary N) is 2. The van der Waals surface area contributed by atoms with Gasteiger partial charge in [-0.15, -0.1) is 0 Å². The first-order valence-electron chi connectivity index (χ1n) is 11.1. The average Bonchev–Trinajstić information content (AvgIpc) is 2.77. The zero-order valence-electron chi connectivity index (χ0n) is 22.2. The van der Waals surface area contributed by atoms with Gasteiger partial charge >= 0.3 is 0 Å². The Morgan fingerprint density at radius 2 is 1.74 bits per heavy atom. The van der Waals surface area contributed by atoms with Crippen LogP contribution in [0.15, 0.2) is 31.0 Å². The van der Waals surface area contributed by atoms with Crippen molar-refractivity contribution in [2.24, 2.45) is 0 Å². The summed E-state index contributed by atoms with van der Waals surface area (Å²) < 4.78 is 15.2. The molecule has 0 atom stereocenters. The van der Waals surface area contributed by atoms with Crippen LogP contribution in [0.2, 0.25) is 0 Å². The molecule has 9 heteroatoms. The lowest BCUT2D eigenvalue weighted by molar-refractivity contribution is -0.138. The van der Waals surface area contributed by atoms with Crippen LogP contribution < -0.4 is 20.1 Å².